The van der Waals surface area contributed by atoms with Crippen molar-refractivity contribution in [1.82, 2.24) is 10.2 Å². The van der Waals surface area contributed by atoms with Gasteiger partial charge < -0.3 is 10.1 Å². The molecule has 0 bridgehead atoms. The van der Waals surface area contributed by atoms with Crippen molar-refractivity contribution in [3.63, 3.8) is 0 Å². The summed E-state index contributed by atoms with van der Waals surface area (Å²) in [6, 6.07) is 7.48. The molecule has 1 fully saturated rings. The zero-order chi connectivity index (χ0) is 15.9. The highest BCUT2D eigenvalue weighted by Gasteiger charge is 2.22. The van der Waals surface area contributed by atoms with E-state index in [1.54, 1.807) is 12.1 Å². The van der Waals surface area contributed by atoms with Crippen molar-refractivity contribution in [3.8, 4) is 5.75 Å². The maximum Gasteiger partial charge on any atom is 0.387 e. The van der Waals surface area contributed by atoms with Crippen LogP contribution in [0.15, 0.2) is 24.3 Å². The molecule has 1 aliphatic rings. The second-order valence-electron chi connectivity index (χ2n) is 6.22. The lowest BCUT2D eigenvalue weighted by Crippen LogP contribution is -2.45. The van der Waals surface area contributed by atoms with Gasteiger partial charge >= 0.3 is 6.61 Å². The average molecular weight is 385 g/mol. The molecule has 0 spiro atoms. The van der Waals surface area contributed by atoms with Crippen LogP contribution < -0.4 is 10.1 Å². The lowest BCUT2D eigenvalue weighted by Gasteiger charge is -2.35. The van der Waals surface area contributed by atoms with E-state index in [0.717, 1.165) is 39.0 Å². The van der Waals surface area contributed by atoms with Gasteiger partial charge in [0.25, 0.3) is 0 Å². The van der Waals surface area contributed by atoms with E-state index in [2.05, 4.69) is 28.8 Å². The molecular weight excluding hydrogens is 357 g/mol. The Morgan fingerprint density at radius 2 is 1.62 bits per heavy atom. The van der Waals surface area contributed by atoms with Crippen molar-refractivity contribution in [1.29, 1.82) is 0 Å². The summed E-state index contributed by atoms with van der Waals surface area (Å²) in [6.45, 7) is 5.75. The van der Waals surface area contributed by atoms with Gasteiger partial charge in [-0.3, -0.25) is 4.90 Å². The summed E-state index contributed by atoms with van der Waals surface area (Å²) in [7, 11) is 0. The molecule has 0 amide bonds. The van der Waals surface area contributed by atoms with Crippen molar-refractivity contribution in [2.75, 3.05) is 26.2 Å². The van der Waals surface area contributed by atoms with Crippen LogP contribution in [0.2, 0.25) is 0 Å². The van der Waals surface area contributed by atoms with Gasteiger partial charge in [0.1, 0.15) is 5.75 Å². The van der Waals surface area contributed by atoms with E-state index < -0.39 is 6.61 Å². The molecule has 2 rings (SSSR count). The average Bonchev–Trinajstić information content (AvgIpc) is 2.49. The van der Waals surface area contributed by atoms with Crippen LogP contribution in [0.4, 0.5) is 8.78 Å². The minimum atomic E-state index is -2.77. The van der Waals surface area contributed by atoms with Crippen LogP contribution in [0.5, 0.6) is 5.75 Å². The van der Waals surface area contributed by atoms with Crippen LogP contribution >= 0.6 is 24.8 Å². The Balaban J connectivity index is 0.00000264. The Morgan fingerprint density at radius 1 is 1.04 bits per heavy atom. The van der Waals surface area contributed by atoms with Crippen molar-refractivity contribution in [3.05, 3.63) is 29.8 Å². The van der Waals surface area contributed by atoms with E-state index in [1.807, 2.05) is 12.1 Å². The van der Waals surface area contributed by atoms with E-state index in [4.69, 9.17) is 0 Å². The third-order valence-electron chi connectivity index (χ3n) is 4.10. The number of hydrogen-bond donors (Lipinski definition) is 1. The molecule has 140 valence electrons. The Hall–Kier alpha value is -0.620. The number of benzene rings is 1. The van der Waals surface area contributed by atoms with Crippen LogP contribution in [0.1, 0.15) is 38.3 Å². The first kappa shape index (κ1) is 23.4. The molecule has 1 saturated heterocycles. The van der Waals surface area contributed by atoms with Gasteiger partial charge in [-0.1, -0.05) is 26.0 Å². The number of alkyl halides is 2. The lowest BCUT2D eigenvalue weighted by atomic mass is 9.95. The molecule has 0 radical (unpaired) electrons. The first-order chi connectivity index (χ1) is 10.6. The molecule has 3 nitrogen and oxygen atoms in total. The number of nitrogens with zero attached hydrogens (tertiary/aromatic N) is 1. The van der Waals surface area contributed by atoms with Gasteiger partial charge in [-0.2, -0.15) is 8.78 Å². The monoisotopic (exact) mass is 384 g/mol. The van der Waals surface area contributed by atoms with Gasteiger partial charge in [0.05, 0.1) is 0 Å². The first-order valence-corrected chi connectivity index (χ1v) is 8.06. The Morgan fingerprint density at radius 3 is 2.12 bits per heavy atom. The zero-order valence-corrected chi connectivity index (χ0v) is 15.8. The summed E-state index contributed by atoms with van der Waals surface area (Å²) in [5.41, 5.74) is 1.18. The minimum Gasteiger partial charge on any atom is -0.435 e. The van der Waals surface area contributed by atoms with Crippen molar-refractivity contribution in [2.45, 2.75) is 39.3 Å². The van der Waals surface area contributed by atoms with Crippen molar-refractivity contribution < 1.29 is 13.5 Å². The van der Waals surface area contributed by atoms with E-state index in [-0.39, 0.29) is 30.6 Å². The fourth-order valence-corrected chi connectivity index (χ4v) is 2.92. The lowest BCUT2D eigenvalue weighted by molar-refractivity contribution is -0.0498. The molecule has 1 heterocycles. The molecule has 0 aliphatic carbocycles. The van der Waals surface area contributed by atoms with Crippen LogP contribution in [0.3, 0.4) is 0 Å². The molecule has 24 heavy (non-hydrogen) atoms. The molecular formula is C17H28Cl2F2N2O. The first-order valence-electron chi connectivity index (χ1n) is 8.06. The molecule has 7 heteroatoms. The number of halogens is 4. The number of piperazine rings is 1. The maximum absolute atomic E-state index is 12.2. The third-order valence-corrected chi connectivity index (χ3v) is 4.10. The Labute approximate surface area is 156 Å². The molecule has 1 aromatic rings. The predicted molar refractivity (Wildman–Crippen MR) is 98.8 cm³/mol. The smallest absolute Gasteiger partial charge is 0.387 e. The SMILES string of the molecule is CC(C)CC[C@@H](c1ccc(OC(F)F)cc1)N1CCNCC1.Cl.Cl. The highest BCUT2D eigenvalue weighted by Crippen LogP contribution is 2.29. The van der Waals surface area contributed by atoms with Gasteiger partial charge in [-0.05, 0) is 36.5 Å². The van der Waals surface area contributed by atoms with E-state index >= 15 is 0 Å². The summed E-state index contributed by atoms with van der Waals surface area (Å²) in [5, 5.41) is 3.37. The van der Waals surface area contributed by atoms with Crippen LogP contribution in [-0.2, 0) is 0 Å². The number of nitrogens with one attached hydrogen (secondary N) is 1. The van der Waals surface area contributed by atoms with Crippen LogP contribution in [0, 0.1) is 5.92 Å². The highest BCUT2D eigenvalue weighted by molar-refractivity contribution is 5.85. The van der Waals surface area contributed by atoms with Gasteiger partial charge in [0.2, 0.25) is 0 Å². The van der Waals surface area contributed by atoms with Gasteiger partial charge in [-0.25, -0.2) is 0 Å². The highest BCUT2D eigenvalue weighted by atomic mass is 35.5. The molecule has 0 aromatic heterocycles. The number of hydrogen-bond acceptors (Lipinski definition) is 3. The summed E-state index contributed by atoms with van der Waals surface area (Å²) in [4.78, 5) is 2.49. The molecule has 1 atom stereocenters. The third kappa shape index (κ3) is 7.51. The molecule has 0 saturated carbocycles. The quantitative estimate of drug-likeness (QED) is 0.747. The van der Waals surface area contributed by atoms with Crippen molar-refractivity contribution in [2.24, 2.45) is 5.92 Å². The molecule has 1 aromatic carbocycles. The summed E-state index contributed by atoms with van der Waals surface area (Å²) >= 11 is 0. The molecule has 1 aliphatic heterocycles. The van der Waals surface area contributed by atoms with Crippen LogP contribution in [0.25, 0.3) is 0 Å². The normalized spacial score (nSPS) is 16.4. The van der Waals surface area contributed by atoms with Gasteiger partial charge in [0, 0.05) is 32.2 Å². The topological polar surface area (TPSA) is 24.5 Å². The zero-order valence-electron chi connectivity index (χ0n) is 14.2. The Bertz CT molecular complexity index is 441. The second-order valence-corrected chi connectivity index (χ2v) is 6.22. The standard InChI is InChI=1S/C17H26F2N2O.2ClH/c1-13(2)3-8-16(21-11-9-20-10-12-21)14-4-6-15(7-5-14)22-17(18)19;;/h4-7,13,16-17,20H,3,8-12H2,1-2H3;2*1H/t16-;;/m0../s1. The maximum atomic E-state index is 12.2. The van der Waals surface area contributed by atoms with Gasteiger partial charge in [-0.15, -0.1) is 24.8 Å². The van der Waals surface area contributed by atoms with E-state index in [0.29, 0.717) is 12.0 Å². The summed E-state index contributed by atoms with van der Waals surface area (Å²) in [6.07, 6.45) is 2.25. The Kier molecular flexibility index (Phi) is 11.5. The molecule has 0 unspecified atom stereocenters. The predicted octanol–water partition coefficient (Wildman–Crippen LogP) is 4.51. The van der Waals surface area contributed by atoms with Crippen molar-refractivity contribution >= 4 is 24.8 Å². The minimum absolute atomic E-state index is 0. The number of rotatable bonds is 7. The van der Waals surface area contributed by atoms with E-state index in [9.17, 15) is 8.78 Å². The molecule has 1 N–H and O–H groups in total. The summed E-state index contributed by atoms with van der Waals surface area (Å²) in [5.74, 6) is 0.883. The fourth-order valence-electron chi connectivity index (χ4n) is 2.92. The van der Waals surface area contributed by atoms with Crippen LogP contribution in [-0.4, -0.2) is 37.7 Å². The largest absolute Gasteiger partial charge is 0.435 e. The number of ether oxygens (including phenoxy) is 1. The van der Waals surface area contributed by atoms with Gasteiger partial charge in [0.15, 0.2) is 0 Å². The summed E-state index contributed by atoms with van der Waals surface area (Å²) < 4.78 is 28.9. The van der Waals surface area contributed by atoms with E-state index in [1.165, 1.54) is 5.56 Å². The fraction of sp³-hybridized carbons (Fsp3) is 0.647. The second kappa shape index (κ2) is 11.9.